The van der Waals surface area contributed by atoms with Crippen LogP contribution in [0.5, 0.6) is 0 Å². The van der Waals surface area contributed by atoms with Gasteiger partial charge in [-0.1, -0.05) is 24.2 Å². The van der Waals surface area contributed by atoms with Gasteiger partial charge in [-0.15, -0.1) is 0 Å². The Bertz CT molecular complexity index is 784. The quantitative estimate of drug-likeness (QED) is 0.771. The zero-order valence-electron chi connectivity index (χ0n) is 14.5. The van der Waals surface area contributed by atoms with Crippen LogP contribution in [0.2, 0.25) is 0 Å². The van der Waals surface area contributed by atoms with Crippen molar-refractivity contribution in [3.63, 3.8) is 0 Å². The molecule has 0 bridgehead atoms. The molecule has 0 spiro atoms. The lowest BCUT2D eigenvalue weighted by atomic mass is 9.99. The molecule has 0 radical (unpaired) electrons. The molecule has 0 N–H and O–H groups in total. The summed E-state index contributed by atoms with van der Waals surface area (Å²) < 4.78 is 48.4. The van der Waals surface area contributed by atoms with E-state index in [-0.39, 0.29) is 12.0 Å². The van der Waals surface area contributed by atoms with E-state index in [4.69, 9.17) is 9.26 Å². The van der Waals surface area contributed by atoms with Crippen LogP contribution in [0, 0.1) is 0 Å². The van der Waals surface area contributed by atoms with Gasteiger partial charge in [0.15, 0.2) is 0 Å². The topological polar surface area (TPSA) is 55.6 Å². The van der Waals surface area contributed by atoms with Crippen LogP contribution in [0.25, 0.3) is 11.3 Å². The van der Waals surface area contributed by atoms with Gasteiger partial charge in [0, 0.05) is 30.6 Å². The van der Waals surface area contributed by atoms with Crippen LogP contribution in [0.15, 0.2) is 28.8 Å². The van der Waals surface area contributed by atoms with Gasteiger partial charge >= 0.3 is 12.1 Å². The van der Waals surface area contributed by atoms with Crippen LogP contribution >= 0.6 is 0 Å². The molecule has 3 rings (SSSR count). The highest BCUT2D eigenvalue weighted by Gasteiger charge is 2.33. The molecular weight excluding hydrogens is 349 g/mol. The second-order valence-corrected chi connectivity index (χ2v) is 6.18. The number of alkyl halides is 3. The number of nitrogens with zero attached hydrogens (tertiary/aromatic N) is 2. The molecule has 0 fully saturated rings. The molecule has 0 saturated heterocycles. The third kappa shape index (κ3) is 3.46. The summed E-state index contributed by atoms with van der Waals surface area (Å²) in [5.41, 5.74) is 1.16. The molecule has 1 aliphatic rings. The molecule has 1 aliphatic heterocycles. The van der Waals surface area contributed by atoms with Crippen molar-refractivity contribution < 1.29 is 27.2 Å². The molecule has 0 amide bonds. The molecule has 1 aromatic heterocycles. The van der Waals surface area contributed by atoms with Crippen LogP contribution in [-0.4, -0.2) is 35.7 Å². The maximum absolute atomic E-state index is 12.7. The first kappa shape index (κ1) is 18.4. The maximum atomic E-state index is 12.7. The third-order valence-corrected chi connectivity index (χ3v) is 4.64. The monoisotopic (exact) mass is 368 g/mol. The fourth-order valence-electron chi connectivity index (χ4n) is 3.25. The summed E-state index contributed by atoms with van der Waals surface area (Å²) in [5.74, 6) is 0.402. The lowest BCUT2D eigenvalue weighted by Crippen LogP contribution is -2.44. The average molecular weight is 368 g/mol. The van der Waals surface area contributed by atoms with Crippen molar-refractivity contribution in [2.75, 3.05) is 13.7 Å². The highest BCUT2D eigenvalue weighted by molar-refractivity contribution is 5.75. The van der Waals surface area contributed by atoms with Gasteiger partial charge in [0.05, 0.1) is 12.7 Å². The van der Waals surface area contributed by atoms with Crippen molar-refractivity contribution in [2.45, 2.75) is 38.5 Å². The van der Waals surface area contributed by atoms with Crippen molar-refractivity contribution in [3.05, 3.63) is 41.2 Å². The Kier molecular flexibility index (Phi) is 5.04. The Hall–Kier alpha value is -2.35. The number of methoxy groups -OCH3 is 1. The normalized spacial score (nSPS) is 16.2. The highest BCUT2D eigenvalue weighted by atomic mass is 19.4. The van der Waals surface area contributed by atoms with Crippen LogP contribution in [0.4, 0.5) is 13.2 Å². The second-order valence-electron chi connectivity index (χ2n) is 6.18. The van der Waals surface area contributed by atoms with E-state index in [0.29, 0.717) is 42.9 Å². The Balaban J connectivity index is 1.88. The molecule has 2 aromatic rings. The van der Waals surface area contributed by atoms with E-state index in [1.165, 1.54) is 19.2 Å². The van der Waals surface area contributed by atoms with E-state index in [2.05, 4.69) is 5.16 Å². The lowest BCUT2D eigenvalue weighted by molar-refractivity contribution is -0.147. The molecule has 0 aliphatic carbocycles. The number of carbonyl (C=O) groups is 1. The van der Waals surface area contributed by atoms with E-state index in [1.807, 2.05) is 11.8 Å². The fourth-order valence-corrected chi connectivity index (χ4v) is 3.25. The summed E-state index contributed by atoms with van der Waals surface area (Å²) in [5, 5.41) is 4.05. The highest BCUT2D eigenvalue weighted by Crippen LogP contribution is 2.34. The minimum Gasteiger partial charge on any atom is -0.468 e. The van der Waals surface area contributed by atoms with E-state index in [1.54, 1.807) is 0 Å². The third-order valence-electron chi connectivity index (χ3n) is 4.64. The maximum Gasteiger partial charge on any atom is 0.416 e. The molecule has 0 saturated carbocycles. The van der Waals surface area contributed by atoms with Gasteiger partial charge < -0.3 is 9.26 Å². The molecule has 26 heavy (non-hydrogen) atoms. The van der Waals surface area contributed by atoms with Crippen LogP contribution in [0.3, 0.4) is 0 Å². The van der Waals surface area contributed by atoms with Crippen molar-refractivity contribution >= 4 is 5.97 Å². The summed E-state index contributed by atoms with van der Waals surface area (Å²) in [7, 11) is 1.35. The fraction of sp³-hybridized carbons (Fsp3) is 0.444. The standard InChI is InChI=1S/C18H19F3N2O3/c1-3-14(17(24)25-2)23-9-8-15-13(10-23)16(22-26-15)11-4-6-12(7-5-11)18(19,20)21/h4-7,14H,3,8-10H2,1-2H3. The molecule has 1 atom stereocenters. The minimum absolute atomic E-state index is 0.302. The van der Waals surface area contributed by atoms with E-state index >= 15 is 0 Å². The number of hydrogen-bond donors (Lipinski definition) is 0. The predicted octanol–water partition coefficient (Wildman–Crippen LogP) is 3.67. The number of fused-ring (bicyclic) bond motifs is 1. The van der Waals surface area contributed by atoms with Gasteiger partial charge in [0.2, 0.25) is 0 Å². The van der Waals surface area contributed by atoms with Crippen molar-refractivity contribution in [1.82, 2.24) is 10.1 Å². The molecule has 5 nitrogen and oxygen atoms in total. The Morgan fingerprint density at radius 1 is 1.35 bits per heavy atom. The van der Waals surface area contributed by atoms with Gasteiger partial charge in [-0.25, -0.2) is 0 Å². The van der Waals surface area contributed by atoms with E-state index in [0.717, 1.165) is 17.7 Å². The first-order chi connectivity index (χ1) is 12.3. The van der Waals surface area contributed by atoms with E-state index < -0.39 is 11.7 Å². The molecular formula is C18H19F3N2O3. The van der Waals surface area contributed by atoms with Gasteiger partial charge in [0.1, 0.15) is 17.5 Å². The number of hydrogen-bond acceptors (Lipinski definition) is 5. The van der Waals surface area contributed by atoms with Crippen molar-refractivity contribution in [1.29, 1.82) is 0 Å². The smallest absolute Gasteiger partial charge is 0.416 e. The summed E-state index contributed by atoms with van der Waals surface area (Å²) in [6.45, 7) is 2.96. The van der Waals surface area contributed by atoms with Crippen molar-refractivity contribution in [2.24, 2.45) is 0 Å². The van der Waals surface area contributed by atoms with E-state index in [9.17, 15) is 18.0 Å². The first-order valence-electron chi connectivity index (χ1n) is 8.32. The number of carbonyl (C=O) groups excluding carboxylic acids is 1. The number of halogens is 3. The Morgan fingerprint density at radius 3 is 2.62 bits per heavy atom. The number of rotatable bonds is 4. The molecule has 1 unspecified atom stereocenters. The summed E-state index contributed by atoms with van der Waals surface area (Å²) in [4.78, 5) is 14.0. The minimum atomic E-state index is -4.38. The molecule has 140 valence electrons. The van der Waals surface area contributed by atoms with Crippen LogP contribution in [0.1, 0.15) is 30.2 Å². The number of aromatic nitrogens is 1. The lowest BCUT2D eigenvalue weighted by Gasteiger charge is -2.31. The predicted molar refractivity (Wildman–Crippen MR) is 87.2 cm³/mol. The number of benzene rings is 1. The largest absolute Gasteiger partial charge is 0.468 e. The van der Waals surface area contributed by atoms with Gasteiger partial charge in [-0.3, -0.25) is 9.69 Å². The average Bonchev–Trinajstić information content (AvgIpc) is 3.05. The first-order valence-corrected chi connectivity index (χ1v) is 8.32. The summed E-state index contributed by atoms with van der Waals surface area (Å²) >= 11 is 0. The SMILES string of the molecule is CCC(C(=O)OC)N1CCc2onc(-c3ccc(C(F)(F)F)cc3)c2C1. The Labute approximate surface area is 148 Å². The van der Waals surface area contributed by atoms with Crippen LogP contribution < -0.4 is 0 Å². The number of ether oxygens (including phenoxy) is 1. The van der Waals surface area contributed by atoms with Crippen molar-refractivity contribution in [3.8, 4) is 11.3 Å². The zero-order chi connectivity index (χ0) is 18.9. The number of esters is 1. The zero-order valence-corrected chi connectivity index (χ0v) is 14.5. The summed E-state index contributed by atoms with van der Waals surface area (Å²) in [6, 6.07) is 4.46. The molecule has 2 heterocycles. The molecule has 8 heteroatoms. The Morgan fingerprint density at radius 2 is 2.04 bits per heavy atom. The van der Waals surface area contributed by atoms with Gasteiger partial charge in [0.25, 0.3) is 0 Å². The van der Waals surface area contributed by atoms with Gasteiger partial charge in [-0.05, 0) is 18.6 Å². The van der Waals surface area contributed by atoms with Gasteiger partial charge in [-0.2, -0.15) is 13.2 Å². The second kappa shape index (κ2) is 7.11. The molecule has 1 aromatic carbocycles. The summed E-state index contributed by atoms with van der Waals surface area (Å²) in [6.07, 6.45) is -3.20. The van der Waals surface area contributed by atoms with Crippen LogP contribution in [-0.2, 0) is 28.7 Å².